The molecule has 3 aromatic carbocycles. The quantitative estimate of drug-likeness (QED) is 0.390. The van der Waals surface area contributed by atoms with Crippen LogP contribution < -0.4 is 10.1 Å². The highest BCUT2D eigenvalue weighted by atomic mass is 79.9. The van der Waals surface area contributed by atoms with Crippen molar-refractivity contribution in [3.8, 4) is 5.75 Å². The summed E-state index contributed by atoms with van der Waals surface area (Å²) in [5.74, 6) is -0.249. The van der Waals surface area contributed by atoms with Gasteiger partial charge in [0.15, 0.2) is 0 Å². The molecule has 1 amide bonds. The highest BCUT2D eigenvalue weighted by Crippen LogP contribution is 2.19. The number of nitrogens with one attached hydrogen (secondary N) is 1. The van der Waals surface area contributed by atoms with Gasteiger partial charge in [0.25, 0.3) is 5.91 Å². The van der Waals surface area contributed by atoms with Gasteiger partial charge in [-0.25, -0.2) is 4.79 Å². The zero-order chi connectivity index (χ0) is 18.5. The van der Waals surface area contributed by atoms with Gasteiger partial charge in [0, 0.05) is 20.2 Å². The van der Waals surface area contributed by atoms with Gasteiger partial charge in [-0.15, -0.1) is 0 Å². The average Bonchev–Trinajstić information content (AvgIpc) is 2.64. The van der Waals surface area contributed by atoms with Crippen molar-refractivity contribution in [2.24, 2.45) is 0 Å². The second-order valence-corrected chi connectivity index (χ2v) is 7.21. The third-order valence-corrected chi connectivity index (χ3v) is 4.57. The van der Waals surface area contributed by atoms with Gasteiger partial charge in [-0.05, 0) is 72.8 Å². The first kappa shape index (κ1) is 18.4. The molecule has 130 valence electrons. The molecule has 0 unspecified atom stereocenters. The van der Waals surface area contributed by atoms with Crippen LogP contribution in [-0.4, -0.2) is 11.9 Å². The van der Waals surface area contributed by atoms with Gasteiger partial charge < -0.3 is 10.1 Å². The summed E-state index contributed by atoms with van der Waals surface area (Å²) in [6.07, 6.45) is 0. The van der Waals surface area contributed by atoms with Gasteiger partial charge in [0.1, 0.15) is 5.75 Å². The Hall–Kier alpha value is -2.44. The Morgan fingerprint density at radius 3 is 1.73 bits per heavy atom. The SMILES string of the molecule is O=C(Nc1ccc(OC(=O)c2ccc(Br)cc2)cc1)c1ccc(Br)cc1. The molecule has 1 N–H and O–H groups in total. The monoisotopic (exact) mass is 473 g/mol. The van der Waals surface area contributed by atoms with E-state index in [1.165, 1.54) is 0 Å². The van der Waals surface area contributed by atoms with Crippen molar-refractivity contribution in [2.75, 3.05) is 5.32 Å². The summed E-state index contributed by atoms with van der Waals surface area (Å²) in [7, 11) is 0. The van der Waals surface area contributed by atoms with E-state index in [0.29, 0.717) is 22.6 Å². The van der Waals surface area contributed by atoms with Crippen molar-refractivity contribution in [1.82, 2.24) is 0 Å². The molecule has 0 atom stereocenters. The summed E-state index contributed by atoms with van der Waals surface area (Å²) < 4.78 is 7.12. The number of amides is 1. The fourth-order valence-electron chi connectivity index (χ4n) is 2.16. The largest absolute Gasteiger partial charge is 0.423 e. The molecule has 3 aromatic rings. The fourth-order valence-corrected chi connectivity index (χ4v) is 2.69. The minimum Gasteiger partial charge on any atom is -0.423 e. The first-order valence-corrected chi connectivity index (χ1v) is 9.24. The fraction of sp³-hybridized carbons (Fsp3) is 0. The smallest absolute Gasteiger partial charge is 0.343 e. The van der Waals surface area contributed by atoms with Crippen molar-refractivity contribution in [3.05, 3.63) is 92.9 Å². The van der Waals surface area contributed by atoms with E-state index >= 15 is 0 Å². The van der Waals surface area contributed by atoms with Crippen molar-refractivity contribution in [3.63, 3.8) is 0 Å². The molecule has 0 saturated heterocycles. The van der Waals surface area contributed by atoms with Crippen molar-refractivity contribution in [2.45, 2.75) is 0 Å². The first-order chi connectivity index (χ1) is 12.5. The van der Waals surface area contributed by atoms with Crippen molar-refractivity contribution < 1.29 is 14.3 Å². The standard InChI is InChI=1S/C20H13Br2NO3/c21-15-5-1-13(2-6-15)19(24)23-17-9-11-18(12-10-17)26-20(25)14-3-7-16(22)8-4-14/h1-12H,(H,23,24). The number of anilines is 1. The highest BCUT2D eigenvalue weighted by Gasteiger charge is 2.09. The lowest BCUT2D eigenvalue weighted by Gasteiger charge is -2.08. The summed E-state index contributed by atoms with van der Waals surface area (Å²) >= 11 is 6.65. The predicted octanol–water partition coefficient (Wildman–Crippen LogP) is 5.68. The molecule has 0 spiro atoms. The van der Waals surface area contributed by atoms with E-state index in [1.54, 1.807) is 72.8 Å². The number of hydrogen-bond donors (Lipinski definition) is 1. The van der Waals surface area contributed by atoms with Gasteiger partial charge in [-0.2, -0.15) is 0 Å². The molecule has 0 aliphatic rings. The van der Waals surface area contributed by atoms with E-state index in [-0.39, 0.29) is 5.91 Å². The molecular weight excluding hydrogens is 462 g/mol. The van der Waals surface area contributed by atoms with Gasteiger partial charge in [0.05, 0.1) is 5.56 Å². The van der Waals surface area contributed by atoms with Crippen molar-refractivity contribution >= 4 is 49.4 Å². The summed E-state index contributed by atoms with van der Waals surface area (Å²) in [5, 5.41) is 2.80. The van der Waals surface area contributed by atoms with Crippen LogP contribution in [0.2, 0.25) is 0 Å². The van der Waals surface area contributed by atoms with Crippen LogP contribution in [0.3, 0.4) is 0 Å². The summed E-state index contributed by atoms with van der Waals surface area (Å²) in [6.45, 7) is 0. The van der Waals surface area contributed by atoms with Crippen LogP contribution in [0.4, 0.5) is 5.69 Å². The molecule has 0 fully saturated rings. The van der Waals surface area contributed by atoms with E-state index in [0.717, 1.165) is 8.95 Å². The molecule has 0 aromatic heterocycles. The van der Waals surface area contributed by atoms with Crippen LogP contribution in [0.5, 0.6) is 5.75 Å². The van der Waals surface area contributed by atoms with Gasteiger partial charge in [0.2, 0.25) is 0 Å². The van der Waals surface area contributed by atoms with Crippen LogP contribution in [0, 0.1) is 0 Å². The summed E-state index contributed by atoms with van der Waals surface area (Å²) in [6, 6.07) is 20.6. The Balaban J connectivity index is 1.62. The molecule has 0 heterocycles. The number of hydrogen-bond acceptors (Lipinski definition) is 3. The zero-order valence-electron chi connectivity index (χ0n) is 13.4. The minimum atomic E-state index is -0.441. The van der Waals surface area contributed by atoms with Crippen LogP contribution in [0.15, 0.2) is 81.7 Å². The van der Waals surface area contributed by atoms with Crippen LogP contribution in [-0.2, 0) is 0 Å². The Bertz CT molecular complexity index is 842. The second-order valence-electron chi connectivity index (χ2n) is 5.38. The number of ether oxygens (including phenoxy) is 1. The molecule has 6 heteroatoms. The van der Waals surface area contributed by atoms with E-state index in [1.807, 2.05) is 0 Å². The molecule has 0 aliphatic heterocycles. The Labute approximate surface area is 167 Å². The molecular formula is C20H13Br2NO3. The van der Waals surface area contributed by atoms with Gasteiger partial charge >= 0.3 is 5.97 Å². The topological polar surface area (TPSA) is 55.4 Å². The number of rotatable bonds is 4. The lowest BCUT2D eigenvalue weighted by molar-refractivity contribution is 0.0734. The van der Waals surface area contributed by atoms with Crippen LogP contribution in [0.25, 0.3) is 0 Å². The normalized spacial score (nSPS) is 10.2. The third-order valence-electron chi connectivity index (χ3n) is 3.51. The van der Waals surface area contributed by atoms with Gasteiger partial charge in [-0.1, -0.05) is 31.9 Å². The number of carbonyl (C=O) groups excluding carboxylic acids is 2. The number of benzene rings is 3. The summed E-state index contributed by atoms with van der Waals surface area (Å²) in [4.78, 5) is 24.3. The van der Waals surface area contributed by atoms with Gasteiger partial charge in [-0.3, -0.25) is 4.79 Å². The molecule has 0 aliphatic carbocycles. The lowest BCUT2D eigenvalue weighted by Crippen LogP contribution is -2.12. The van der Waals surface area contributed by atoms with Crippen LogP contribution in [0.1, 0.15) is 20.7 Å². The Morgan fingerprint density at radius 1 is 0.692 bits per heavy atom. The summed E-state index contributed by atoms with van der Waals surface area (Å²) in [5.41, 5.74) is 1.63. The lowest BCUT2D eigenvalue weighted by atomic mass is 10.2. The Morgan fingerprint density at radius 2 is 1.19 bits per heavy atom. The molecule has 26 heavy (non-hydrogen) atoms. The van der Waals surface area contributed by atoms with E-state index < -0.39 is 5.97 Å². The molecule has 3 rings (SSSR count). The number of esters is 1. The molecule has 4 nitrogen and oxygen atoms in total. The maximum absolute atomic E-state index is 12.2. The molecule has 0 saturated carbocycles. The third kappa shape index (κ3) is 4.80. The minimum absolute atomic E-state index is 0.211. The maximum atomic E-state index is 12.2. The van der Waals surface area contributed by atoms with E-state index in [9.17, 15) is 9.59 Å². The Kier molecular flexibility index (Phi) is 5.85. The van der Waals surface area contributed by atoms with E-state index in [4.69, 9.17) is 4.74 Å². The van der Waals surface area contributed by atoms with Crippen LogP contribution >= 0.6 is 31.9 Å². The second kappa shape index (κ2) is 8.29. The number of carbonyl (C=O) groups is 2. The van der Waals surface area contributed by atoms with Crippen molar-refractivity contribution in [1.29, 1.82) is 0 Å². The molecule has 0 bridgehead atoms. The van der Waals surface area contributed by atoms with E-state index in [2.05, 4.69) is 37.2 Å². The maximum Gasteiger partial charge on any atom is 0.343 e. The highest BCUT2D eigenvalue weighted by molar-refractivity contribution is 9.10. The zero-order valence-corrected chi connectivity index (χ0v) is 16.6. The average molecular weight is 475 g/mol. The molecule has 0 radical (unpaired) electrons. The number of halogens is 2. The predicted molar refractivity (Wildman–Crippen MR) is 108 cm³/mol. The first-order valence-electron chi connectivity index (χ1n) is 7.66.